The van der Waals surface area contributed by atoms with Gasteiger partial charge in [-0.1, -0.05) is 0 Å². The minimum Gasteiger partial charge on any atom is -2.00 e. The summed E-state index contributed by atoms with van der Waals surface area (Å²) in [4.78, 5) is 0. The van der Waals surface area contributed by atoms with Gasteiger partial charge < -0.3 is 11.0 Å². The van der Waals surface area contributed by atoms with Crippen LogP contribution in [0.2, 0.25) is 0 Å². The first-order valence-corrected chi connectivity index (χ1v) is 0. The summed E-state index contributed by atoms with van der Waals surface area (Å²) in [7, 11) is 0. The molecule has 0 atom stereocenters. The van der Waals surface area contributed by atoms with E-state index in [0.29, 0.717) is 0 Å². The van der Waals surface area contributed by atoms with Gasteiger partial charge in [-0.3, -0.25) is 0 Å². The van der Waals surface area contributed by atoms with E-state index in [0.717, 1.165) is 0 Å². The predicted molar refractivity (Wildman–Crippen MR) is 8.38 cm³/mol. The first kappa shape index (κ1) is 58.8. The van der Waals surface area contributed by atoms with Gasteiger partial charge in [-0.25, -0.2) is 0 Å². The topological polar surface area (TPSA) is 58.5 Å². The molecule has 4 heteroatoms. The molecule has 16 valence electrons. The van der Waals surface area contributed by atoms with Crippen molar-refractivity contribution in [2.45, 2.75) is 0 Å². The standard InChI is InChI=1S/Li.Mg.H2O.O/h;;1H2;/q+1;+2;;-2/p-1. The Morgan fingerprint density at radius 1 is 1.00 bits per heavy atom. The van der Waals surface area contributed by atoms with E-state index in [1.165, 1.54) is 0 Å². The molecule has 4 heavy (non-hydrogen) atoms. The van der Waals surface area contributed by atoms with Gasteiger partial charge in [0.15, 0.2) is 0 Å². The van der Waals surface area contributed by atoms with Crippen molar-refractivity contribution in [1.29, 1.82) is 0 Å². The van der Waals surface area contributed by atoms with Gasteiger partial charge in [0.1, 0.15) is 0 Å². The van der Waals surface area contributed by atoms with E-state index in [9.17, 15) is 0 Å². The second-order valence-corrected chi connectivity index (χ2v) is 0. The molecule has 0 bridgehead atoms. The van der Waals surface area contributed by atoms with E-state index in [1.807, 2.05) is 0 Å². The van der Waals surface area contributed by atoms with Crippen LogP contribution in [0.4, 0.5) is 0 Å². The second kappa shape index (κ2) is 28.0. The van der Waals surface area contributed by atoms with Crippen molar-refractivity contribution in [1.82, 2.24) is 0 Å². The normalized spacial score (nSPS) is 0. The molecule has 0 fully saturated rings. The van der Waals surface area contributed by atoms with E-state index in [2.05, 4.69) is 0 Å². The molecule has 0 saturated heterocycles. The molecule has 0 aromatic heterocycles. The first-order chi connectivity index (χ1) is 0. The molecule has 0 spiro atoms. The molecule has 2 nitrogen and oxygen atoms in total. The summed E-state index contributed by atoms with van der Waals surface area (Å²) in [5.41, 5.74) is 0. The minimum absolute atomic E-state index is 0. The Morgan fingerprint density at radius 3 is 1.00 bits per heavy atom. The maximum atomic E-state index is 0. The quantitative estimate of drug-likeness (QED) is 0.268. The number of hydrogen-bond donors (Lipinski definition) is 0. The van der Waals surface area contributed by atoms with Gasteiger partial charge in [-0.15, -0.1) is 0 Å². The third-order valence-electron chi connectivity index (χ3n) is 0. The fourth-order valence-corrected chi connectivity index (χ4v) is 0. The van der Waals surface area contributed by atoms with E-state index < -0.39 is 0 Å². The molecule has 0 aliphatic heterocycles. The maximum absolute atomic E-state index is 0. The van der Waals surface area contributed by atoms with Crippen LogP contribution in [0.5, 0.6) is 0 Å². The number of hydrogen-bond acceptors (Lipinski definition) is 1. The zero-order valence-electron chi connectivity index (χ0n) is 2.56. The summed E-state index contributed by atoms with van der Waals surface area (Å²) in [6, 6.07) is 0. The summed E-state index contributed by atoms with van der Waals surface area (Å²) >= 11 is 0. The van der Waals surface area contributed by atoms with E-state index >= 15 is 0 Å². The van der Waals surface area contributed by atoms with Gasteiger partial charge in [0.25, 0.3) is 0 Å². The van der Waals surface area contributed by atoms with Crippen molar-refractivity contribution >= 4 is 23.1 Å². The summed E-state index contributed by atoms with van der Waals surface area (Å²) < 4.78 is 0. The van der Waals surface area contributed by atoms with Crippen LogP contribution in [0, 0.1) is 0 Å². The molecule has 0 aliphatic rings. The van der Waals surface area contributed by atoms with Gasteiger partial charge in [0, 0.05) is 0 Å². The fraction of sp³-hybridized carbons (Fsp3) is 0. The molecule has 0 aromatic rings. The Labute approximate surface area is 52.9 Å². The molecule has 0 aliphatic carbocycles. The Hall–Kier alpha value is 1.28. The van der Waals surface area contributed by atoms with Crippen molar-refractivity contribution in [3.63, 3.8) is 0 Å². The molecular formula is HLiMgO2. The Morgan fingerprint density at radius 2 is 1.00 bits per heavy atom. The molecule has 0 heterocycles. The van der Waals surface area contributed by atoms with Crippen molar-refractivity contribution in [2.75, 3.05) is 0 Å². The Bertz CT molecular complexity index is 6.00. The smallest absolute Gasteiger partial charge is 2.00 e. The van der Waals surface area contributed by atoms with Crippen LogP contribution in [0.3, 0.4) is 0 Å². The van der Waals surface area contributed by atoms with Crippen LogP contribution in [0.25, 0.3) is 0 Å². The molecule has 0 aromatic carbocycles. The van der Waals surface area contributed by atoms with Crippen LogP contribution in [-0.2, 0) is 5.48 Å². The summed E-state index contributed by atoms with van der Waals surface area (Å²) in [6.07, 6.45) is 0. The second-order valence-electron chi connectivity index (χ2n) is 0. The third-order valence-corrected chi connectivity index (χ3v) is 0. The fourth-order valence-electron chi connectivity index (χ4n) is 0. The molecule has 0 amide bonds. The van der Waals surface area contributed by atoms with Crippen molar-refractivity contribution in [3.8, 4) is 0 Å². The third kappa shape index (κ3) is 10.4. The van der Waals surface area contributed by atoms with Crippen molar-refractivity contribution < 1.29 is 29.8 Å². The van der Waals surface area contributed by atoms with Gasteiger partial charge in [-0.05, 0) is 0 Å². The number of rotatable bonds is 0. The van der Waals surface area contributed by atoms with Gasteiger partial charge >= 0.3 is 41.9 Å². The molecule has 0 saturated carbocycles. The van der Waals surface area contributed by atoms with Gasteiger partial charge in [0.05, 0.1) is 0 Å². The van der Waals surface area contributed by atoms with E-state index in [-0.39, 0.29) is 52.9 Å². The van der Waals surface area contributed by atoms with Crippen LogP contribution in [-0.4, -0.2) is 28.5 Å². The van der Waals surface area contributed by atoms with Crippen LogP contribution in [0.15, 0.2) is 0 Å². The SMILES string of the molecule is [Li+].[Mg+2].[O-2].[OH-]. The minimum atomic E-state index is 0. The predicted octanol–water partition coefficient (Wildman–Crippen LogP) is -3.67. The molecule has 1 N–H and O–H groups in total. The van der Waals surface area contributed by atoms with Crippen LogP contribution < -0.4 is 18.9 Å². The van der Waals surface area contributed by atoms with E-state index in [4.69, 9.17) is 0 Å². The summed E-state index contributed by atoms with van der Waals surface area (Å²) in [5.74, 6) is 0. The Balaban J connectivity index is 0. The van der Waals surface area contributed by atoms with Crippen LogP contribution >= 0.6 is 0 Å². The van der Waals surface area contributed by atoms with Gasteiger partial charge in [-0.2, -0.15) is 0 Å². The average molecular weight is 64.3 g/mol. The first-order valence-electron chi connectivity index (χ1n) is 0. The Kier molecular flexibility index (Phi) is 412. The largest absolute Gasteiger partial charge is 2.00 e. The molecule has 0 radical (unpaired) electrons. The average Bonchev–Trinajstić information content (AvgIpc) is 0. The zero-order valence-corrected chi connectivity index (χ0v) is 3.98. The molecular weight excluding hydrogens is 63.2 g/mol. The molecule has 0 unspecified atom stereocenters. The van der Waals surface area contributed by atoms with Crippen molar-refractivity contribution in [2.24, 2.45) is 0 Å². The monoisotopic (exact) mass is 64.0 g/mol. The van der Waals surface area contributed by atoms with E-state index in [1.54, 1.807) is 0 Å². The maximum Gasteiger partial charge on any atom is 2.00 e. The zero-order chi connectivity index (χ0) is 0. The summed E-state index contributed by atoms with van der Waals surface area (Å²) in [6.45, 7) is 0. The summed E-state index contributed by atoms with van der Waals surface area (Å²) in [5, 5.41) is 0. The van der Waals surface area contributed by atoms with Crippen molar-refractivity contribution in [3.05, 3.63) is 0 Å². The van der Waals surface area contributed by atoms with Crippen LogP contribution in [0.1, 0.15) is 0 Å². The molecule has 0 rings (SSSR count). The van der Waals surface area contributed by atoms with Gasteiger partial charge in [0.2, 0.25) is 0 Å².